The van der Waals surface area contributed by atoms with Gasteiger partial charge in [-0.05, 0) is 36.3 Å². The zero-order chi connectivity index (χ0) is 18.5. The van der Waals surface area contributed by atoms with Crippen LogP contribution in [0.25, 0.3) is 6.08 Å². The quantitative estimate of drug-likeness (QED) is 0.487. The summed E-state index contributed by atoms with van der Waals surface area (Å²) in [4.78, 5) is 22.5. The van der Waals surface area contributed by atoms with Crippen molar-refractivity contribution in [1.29, 1.82) is 0 Å². The molecule has 0 spiro atoms. The standard InChI is InChI=1S/C18H15FN2O5/c19-14-3-1-2-12(8-14)6-7-20-18(22)5-4-13-9-16-17(26-11-25-16)10-15(13)21(23)24/h1-5,8-10H,6-7,11H2,(H,20,22)/b5-4+. The van der Waals surface area contributed by atoms with E-state index in [9.17, 15) is 19.3 Å². The lowest BCUT2D eigenvalue weighted by Gasteiger charge is -2.03. The van der Waals surface area contributed by atoms with Crippen molar-refractivity contribution in [3.63, 3.8) is 0 Å². The molecule has 2 aromatic carbocycles. The van der Waals surface area contributed by atoms with Gasteiger partial charge in [-0.2, -0.15) is 0 Å². The molecule has 0 atom stereocenters. The van der Waals surface area contributed by atoms with E-state index in [1.807, 2.05) is 0 Å². The van der Waals surface area contributed by atoms with Crippen LogP contribution in [0.1, 0.15) is 11.1 Å². The van der Waals surface area contributed by atoms with Crippen LogP contribution < -0.4 is 14.8 Å². The lowest BCUT2D eigenvalue weighted by Crippen LogP contribution is -2.23. The van der Waals surface area contributed by atoms with Crippen LogP contribution in [0, 0.1) is 15.9 Å². The molecule has 3 rings (SSSR count). The maximum absolute atomic E-state index is 13.1. The van der Waals surface area contributed by atoms with E-state index >= 15 is 0 Å². The highest BCUT2D eigenvalue weighted by Crippen LogP contribution is 2.38. The van der Waals surface area contributed by atoms with E-state index in [1.54, 1.807) is 12.1 Å². The first kappa shape index (κ1) is 17.4. The number of nitro benzene ring substituents is 1. The maximum atomic E-state index is 13.1. The molecule has 1 amide bonds. The summed E-state index contributed by atoms with van der Waals surface area (Å²) in [5, 5.41) is 13.8. The Balaban J connectivity index is 1.62. The highest BCUT2D eigenvalue weighted by Gasteiger charge is 2.22. The van der Waals surface area contributed by atoms with Gasteiger partial charge in [0.05, 0.1) is 16.6 Å². The molecule has 7 nitrogen and oxygen atoms in total. The number of amides is 1. The minimum absolute atomic E-state index is 0.000220. The Hall–Kier alpha value is -3.42. The smallest absolute Gasteiger partial charge is 0.280 e. The molecule has 1 heterocycles. The van der Waals surface area contributed by atoms with Crippen molar-refractivity contribution >= 4 is 17.7 Å². The number of rotatable bonds is 6. The Kier molecular flexibility index (Phi) is 5.12. The number of hydrogen-bond donors (Lipinski definition) is 1. The van der Waals surface area contributed by atoms with Crippen molar-refractivity contribution in [3.05, 3.63) is 69.5 Å². The molecule has 8 heteroatoms. The largest absolute Gasteiger partial charge is 0.454 e. The van der Waals surface area contributed by atoms with Gasteiger partial charge < -0.3 is 14.8 Å². The van der Waals surface area contributed by atoms with Gasteiger partial charge in [0.25, 0.3) is 5.69 Å². The summed E-state index contributed by atoms with van der Waals surface area (Å²) in [7, 11) is 0. The Bertz CT molecular complexity index is 882. The molecule has 2 aromatic rings. The predicted molar refractivity (Wildman–Crippen MR) is 91.4 cm³/mol. The molecule has 0 fully saturated rings. The first-order valence-corrected chi connectivity index (χ1v) is 7.81. The van der Waals surface area contributed by atoms with Gasteiger partial charge >= 0.3 is 0 Å². The Labute approximate surface area is 148 Å². The van der Waals surface area contributed by atoms with Gasteiger partial charge in [0.15, 0.2) is 11.5 Å². The van der Waals surface area contributed by atoms with Gasteiger partial charge in [0.2, 0.25) is 12.7 Å². The third kappa shape index (κ3) is 4.15. The van der Waals surface area contributed by atoms with Gasteiger partial charge in [0.1, 0.15) is 5.82 Å². The molecule has 0 bridgehead atoms. The molecule has 1 aliphatic rings. The van der Waals surface area contributed by atoms with Crippen molar-refractivity contribution in [2.24, 2.45) is 0 Å². The second kappa shape index (κ2) is 7.64. The van der Waals surface area contributed by atoms with E-state index in [-0.39, 0.29) is 23.9 Å². The lowest BCUT2D eigenvalue weighted by molar-refractivity contribution is -0.385. The molecular formula is C18H15FN2O5. The number of nitrogens with one attached hydrogen (secondary N) is 1. The van der Waals surface area contributed by atoms with E-state index in [0.29, 0.717) is 24.5 Å². The number of hydrogen-bond acceptors (Lipinski definition) is 5. The van der Waals surface area contributed by atoms with Crippen LogP contribution in [0.5, 0.6) is 11.5 Å². The van der Waals surface area contributed by atoms with Crippen molar-refractivity contribution in [1.82, 2.24) is 5.32 Å². The summed E-state index contributed by atoms with van der Waals surface area (Å²) >= 11 is 0. The molecule has 1 aliphatic heterocycles. The highest BCUT2D eigenvalue weighted by atomic mass is 19.1. The molecular weight excluding hydrogens is 343 g/mol. The SMILES string of the molecule is O=C(/C=C/c1cc2c(cc1[N+](=O)[O-])OCO2)NCCc1cccc(F)c1. The fraction of sp³-hybridized carbons (Fsp3) is 0.167. The second-order valence-electron chi connectivity index (χ2n) is 5.53. The Morgan fingerprint density at radius 3 is 2.77 bits per heavy atom. The summed E-state index contributed by atoms with van der Waals surface area (Å²) in [5.41, 5.74) is 0.818. The van der Waals surface area contributed by atoms with Crippen molar-refractivity contribution < 1.29 is 23.6 Å². The third-order valence-electron chi connectivity index (χ3n) is 3.73. The molecule has 0 saturated heterocycles. The first-order valence-electron chi connectivity index (χ1n) is 7.81. The molecule has 0 aromatic heterocycles. The number of carbonyl (C=O) groups excluding carboxylic acids is 1. The number of nitro groups is 1. The minimum atomic E-state index is -0.552. The summed E-state index contributed by atoms with van der Waals surface area (Å²) < 4.78 is 23.4. The van der Waals surface area contributed by atoms with E-state index in [0.717, 1.165) is 5.56 Å². The van der Waals surface area contributed by atoms with Gasteiger partial charge in [-0.1, -0.05) is 12.1 Å². The number of nitrogens with zero attached hydrogens (tertiary/aromatic N) is 1. The molecule has 26 heavy (non-hydrogen) atoms. The van der Waals surface area contributed by atoms with Crippen LogP contribution in [0.4, 0.5) is 10.1 Å². The van der Waals surface area contributed by atoms with E-state index in [1.165, 1.54) is 36.4 Å². The van der Waals surface area contributed by atoms with Gasteiger partial charge in [-0.25, -0.2) is 4.39 Å². The number of ether oxygens (including phenoxy) is 2. The first-order chi connectivity index (χ1) is 12.5. The van der Waals surface area contributed by atoms with Gasteiger partial charge in [0, 0.05) is 12.6 Å². The molecule has 0 saturated carbocycles. The Morgan fingerprint density at radius 2 is 2.04 bits per heavy atom. The average molecular weight is 358 g/mol. The minimum Gasteiger partial charge on any atom is -0.454 e. The summed E-state index contributed by atoms with van der Waals surface area (Å²) in [6.45, 7) is 0.316. The zero-order valence-electron chi connectivity index (χ0n) is 13.6. The normalized spacial score (nSPS) is 12.3. The molecule has 0 radical (unpaired) electrons. The number of carbonyl (C=O) groups is 1. The van der Waals surface area contributed by atoms with E-state index < -0.39 is 10.8 Å². The summed E-state index contributed by atoms with van der Waals surface area (Å²) in [6, 6.07) is 8.84. The summed E-state index contributed by atoms with van der Waals surface area (Å²) in [5.74, 6) is -0.0487. The van der Waals surface area contributed by atoms with E-state index in [4.69, 9.17) is 9.47 Å². The topological polar surface area (TPSA) is 90.7 Å². The molecule has 134 valence electrons. The lowest BCUT2D eigenvalue weighted by atomic mass is 10.1. The zero-order valence-corrected chi connectivity index (χ0v) is 13.6. The summed E-state index contributed by atoms with van der Waals surface area (Å²) in [6.07, 6.45) is 3.02. The van der Waals surface area contributed by atoms with Crippen LogP contribution in [0.15, 0.2) is 42.5 Å². The van der Waals surface area contributed by atoms with Crippen molar-refractivity contribution in [3.8, 4) is 11.5 Å². The molecule has 1 N–H and O–H groups in total. The third-order valence-corrected chi connectivity index (χ3v) is 3.73. The average Bonchev–Trinajstić information content (AvgIpc) is 3.06. The van der Waals surface area contributed by atoms with Crippen LogP contribution in [-0.2, 0) is 11.2 Å². The van der Waals surface area contributed by atoms with Gasteiger partial charge in [-0.3, -0.25) is 14.9 Å². The maximum Gasteiger partial charge on any atom is 0.280 e. The van der Waals surface area contributed by atoms with Crippen LogP contribution in [-0.4, -0.2) is 24.2 Å². The van der Waals surface area contributed by atoms with Crippen molar-refractivity contribution in [2.45, 2.75) is 6.42 Å². The highest BCUT2D eigenvalue weighted by molar-refractivity contribution is 5.92. The fourth-order valence-electron chi connectivity index (χ4n) is 2.49. The van der Waals surface area contributed by atoms with Crippen molar-refractivity contribution in [2.75, 3.05) is 13.3 Å². The second-order valence-corrected chi connectivity index (χ2v) is 5.53. The predicted octanol–water partition coefficient (Wildman–Crippen LogP) is 2.83. The molecule has 0 aliphatic carbocycles. The fourth-order valence-corrected chi connectivity index (χ4v) is 2.49. The number of fused-ring (bicyclic) bond motifs is 1. The van der Waals surface area contributed by atoms with Crippen LogP contribution in [0.2, 0.25) is 0 Å². The monoisotopic (exact) mass is 358 g/mol. The Morgan fingerprint density at radius 1 is 1.27 bits per heavy atom. The van der Waals surface area contributed by atoms with Gasteiger partial charge in [-0.15, -0.1) is 0 Å². The number of benzene rings is 2. The van der Waals surface area contributed by atoms with Crippen LogP contribution >= 0.6 is 0 Å². The van der Waals surface area contributed by atoms with Crippen LogP contribution in [0.3, 0.4) is 0 Å². The molecule has 0 unspecified atom stereocenters. The van der Waals surface area contributed by atoms with E-state index in [2.05, 4.69) is 5.32 Å². The number of halogens is 1.